The summed E-state index contributed by atoms with van der Waals surface area (Å²) in [7, 11) is 1.85. The first kappa shape index (κ1) is 18.4. The lowest BCUT2D eigenvalue weighted by atomic mass is 10.2. The number of hydrogen-bond acceptors (Lipinski definition) is 4. The second kappa shape index (κ2) is 9.39. The van der Waals surface area contributed by atoms with Crippen LogP contribution in [-0.4, -0.2) is 73.2 Å². The third-order valence-electron chi connectivity index (χ3n) is 4.39. The molecule has 0 bridgehead atoms. The molecule has 2 saturated heterocycles. The van der Waals surface area contributed by atoms with E-state index in [4.69, 9.17) is 4.74 Å². The molecule has 2 aliphatic heterocycles. The van der Waals surface area contributed by atoms with Gasteiger partial charge in [-0.3, -0.25) is 14.9 Å². The lowest BCUT2D eigenvalue weighted by Crippen LogP contribution is -2.46. The van der Waals surface area contributed by atoms with E-state index in [1.54, 1.807) is 0 Å². The fraction of sp³-hybridized carbons (Fsp3) is 0.625. The van der Waals surface area contributed by atoms with Crippen molar-refractivity contribution in [1.82, 2.24) is 20.1 Å². The second-order valence-electron chi connectivity index (χ2n) is 5.76. The number of pyridine rings is 1. The average Bonchev–Trinajstić information content (AvgIpc) is 3.07. The number of aromatic nitrogens is 1. The van der Waals surface area contributed by atoms with Crippen molar-refractivity contribution in [1.29, 1.82) is 0 Å². The summed E-state index contributed by atoms with van der Waals surface area (Å²) in [5.74, 6) is 0.974. The Morgan fingerprint density at radius 3 is 2.87 bits per heavy atom. The minimum Gasteiger partial charge on any atom is -0.379 e. The Morgan fingerprint density at radius 1 is 1.35 bits per heavy atom. The summed E-state index contributed by atoms with van der Waals surface area (Å²) in [6.45, 7) is 6.65. The van der Waals surface area contributed by atoms with Gasteiger partial charge in [-0.2, -0.15) is 0 Å². The molecule has 0 radical (unpaired) electrons. The van der Waals surface area contributed by atoms with Gasteiger partial charge in [0, 0.05) is 45.5 Å². The van der Waals surface area contributed by atoms with Crippen molar-refractivity contribution in [3.05, 3.63) is 30.1 Å². The number of aliphatic imine (C=N–C) groups is 1. The van der Waals surface area contributed by atoms with Crippen molar-refractivity contribution in [3.8, 4) is 0 Å². The largest absolute Gasteiger partial charge is 0.379 e. The van der Waals surface area contributed by atoms with Crippen LogP contribution >= 0.6 is 24.0 Å². The van der Waals surface area contributed by atoms with Crippen molar-refractivity contribution in [2.24, 2.45) is 4.99 Å². The Bertz CT molecular complexity index is 493. The van der Waals surface area contributed by atoms with Crippen LogP contribution in [-0.2, 0) is 11.3 Å². The zero-order valence-corrected chi connectivity index (χ0v) is 16.0. The number of ether oxygens (including phenoxy) is 1. The van der Waals surface area contributed by atoms with Crippen molar-refractivity contribution < 1.29 is 4.74 Å². The van der Waals surface area contributed by atoms with Gasteiger partial charge in [0.15, 0.2) is 5.96 Å². The monoisotopic (exact) mass is 431 g/mol. The number of rotatable bonds is 3. The molecule has 0 saturated carbocycles. The van der Waals surface area contributed by atoms with Gasteiger partial charge >= 0.3 is 0 Å². The van der Waals surface area contributed by atoms with E-state index in [2.05, 4.69) is 25.1 Å². The molecule has 7 heteroatoms. The Balaban J connectivity index is 0.00000192. The van der Waals surface area contributed by atoms with Crippen LogP contribution in [0.1, 0.15) is 12.1 Å². The van der Waals surface area contributed by atoms with Crippen molar-refractivity contribution >= 4 is 29.9 Å². The Labute approximate surface area is 155 Å². The van der Waals surface area contributed by atoms with Crippen molar-refractivity contribution in [2.45, 2.75) is 19.0 Å². The minimum atomic E-state index is 0. The molecule has 1 atom stereocenters. The number of guanidine groups is 1. The molecule has 6 nitrogen and oxygen atoms in total. The maximum absolute atomic E-state index is 5.44. The quantitative estimate of drug-likeness (QED) is 0.443. The maximum atomic E-state index is 5.44. The van der Waals surface area contributed by atoms with Crippen LogP contribution in [0.5, 0.6) is 0 Å². The molecular formula is C16H26IN5O. The van der Waals surface area contributed by atoms with Gasteiger partial charge in [-0.05, 0) is 18.6 Å². The molecule has 23 heavy (non-hydrogen) atoms. The smallest absolute Gasteiger partial charge is 0.194 e. The van der Waals surface area contributed by atoms with E-state index in [0.29, 0.717) is 12.6 Å². The molecule has 0 aliphatic carbocycles. The highest BCUT2D eigenvalue weighted by molar-refractivity contribution is 14.0. The predicted molar refractivity (Wildman–Crippen MR) is 102 cm³/mol. The first-order valence-electron chi connectivity index (χ1n) is 8.04. The number of hydrogen-bond donors (Lipinski definition) is 1. The second-order valence-corrected chi connectivity index (χ2v) is 5.76. The van der Waals surface area contributed by atoms with Gasteiger partial charge in [-0.1, -0.05) is 6.07 Å². The molecule has 0 spiro atoms. The Morgan fingerprint density at radius 2 is 2.17 bits per heavy atom. The first-order chi connectivity index (χ1) is 10.9. The normalized spacial score (nSPS) is 22.7. The molecule has 3 heterocycles. The van der Waals surface area contributed by atoms with E-state index in [1.165, 1.54) is 6.42 Å². The van der Waals surface area contributed by atoms with Gasteiger partial charge in [0.25, 0.3) is 0 Å². The van der Waals surface area contributed by atoms with Gasteiger partial charge < -0.3 is 15.0 Å². The first-order valence-corrected chi connectivity index (χ1v) is 8.04. The molecule has 0 amide bonds. The highest BCUT2D eigenvalue weighted by Crippen LogP contribution is 2.17. The fourth-order valence-electron chi connectivity index (χ4n) is 3.18. The summed E-state index contributed by atoms with van der Waals surface area (Å²) >= 11 is 0. The van der Waals surface area contributed by atoms with Crippen LogP contribution in [0.15, 0.2) is 29.4 Å². The van der Waals surface area contributed by atoms with E-state index in [0.717, 1.165) is 51.0 Å². The third kappa shape index (κ3) is 5.02. The van der Waals surface area contributed by atoms with Crippen LogP contribution in [0.2, 0.25) is 0 Å². The van der Waals surface area contributed by atoms with Crippen LogP contribution in [0.25, 0.3) is 0 Å². The van der Waals surface area contributed by atoms with Gasteiger partial charge in [-0.25, -0.2) is 0 Å². The molecule has 1 unspecified atom stereocenters. The van der Waals surface area contributed by atoms with Crippen LogP contribution in [0.3, 0.4) is 0 Å². The molecule has 3 rings (SSSR count). The van der Waals surface area contributed by atoms with E-state index in [9.17, 15) is 0 Å². The molecular weight excluding hydrogens is 405 g/mol. The zero-order chi connectivity index (χ0) is 15.2. The number of nitrogens with one attached hydrogen (secondary N) is 1. The number of morpholine rings is 1. The molecule has 1 N–H and O–H groups in total. The predicted octanol–water partition coefficient (Wildman–Crippen LogP) is 1.18. The highest BCUT2D eigenvalue weighted by atomic mass is 127. The SMILES string of the molecule is CN=C(NCc1ccccn1)N1CCC(N2CCOCC2)C1.I. The molecule has 128 valence electrons. The lowest BCUT2D eigenvalue weighted by molar-refractivity contribution is 0.0195. The topological polar surface area (TPSA) is 53.0 Å². The lowest BCUT2D eigenvalue weighted by Gasteiger charge is -2.32. The van der Waals surface area contributed by atoms with E-state index < -0.39 is 0 Å². The molecule has 2 fully saturated rings. The standard InChI is InChI=1S/C16H25N5O.HI/c1-17-16(19-12-14-4-2-3-6-18-14)21-7-5-15(13-21)20-8-10-22-11-9-20;/h2-4,6,15H,5,7-13H2,1H3,(H,17,19);1H. The Kier molecular flexibility index (Phi) is 7.51. The van der Waals surface area contributed by atoms with Gasteiger partial charge in [-0.15, -0.1) is 24.0 Å². The summed E-state index contributed by atoms with van der Waals surface area (Å²) in [5, 5.41) is 3.42. The van der Waals surface area contributed by atoms with Gasteiger partial charge in [0.05, 0.1) is 25.5 Å². The molecule has 1 aromatic heterocycles. The van der Waals surface area contributed by atoms with Crippen LogP contribution < -0.4 is 5.32 Å². The summed E-state index contributed by atoms with van der Waals surface area (Å²) < 4.78 is 5.44. The van der Waals surface area contributed by atoms with Crippen LogP contribution in [0.4, 0.5) is 0 Å². The summed E-state index contributed by atoms with van der Waals surface area (Å²) in [6.07, 6.45) is 3.02. The summed E-state index contributed by atoms with van der Waals surface area (Å²) in [4.78, 5) is 13.7. The van der Waals surface area contributed by atoms with Crippen molar-refractivity contribution in [2.75, 3.05) is 46.4 Å². The number of likely N-dealkylation sites (tertiary alicyclic amines) is 1. The van der Waals surface area contributed by atoms with Gasteiger partial charge in [0.1, 0.15) is 0 Å². The number of nitrogens with zero attached hydrogens (tertiary/aromatic N) is 4. The molecule has 1 aromatic rings. The fourth-order valence-corrected chi connectivity index (χ4v) is 3.18. The third-order valence-corrected chi connectivity index (χ3v) is 4.39. The minimum absolute atomic E-state index is 0. The molecule has 0 aromatic carbocycles. The van der Waals surface area contributed by atoms with E-state index >= 15 is 0 Å². The highest BCUT2D eigenvalue weighted by Gasteiger charge is 2.30. The average molecular weight is 431 g/mol. The van der Waals surface area contributed by atoms with Crippen molar-refractivity contribution in [3.63, 3.8) is 0 Å². The van der Waals surface area contributed by atoms with E-state index in [1.807, 2.05) is 31.4 Å². The Hall–Kier alpha value is -0.930. The number of halogens is 1. The van der Waals surface area contributed by atoms with Crippen LogP contribution in [0, 0.1) is 0 Å². The maximum Gasteiger partial charge on any atom is 0.194 e. The summed E-state index contributed by atoms with van der Waals surface area (Å²) in [6, 6.07) is 6.60. The van der Waals surface area contributed by atoms with Gasteiger partial charge in [0.2, 0.25) is 0 Å². The van der Waals surface area contributed by atoms with E-state index in [-0.39, 0.29) is 24.0 Å². The molecule has 2 aliphatic rings. The zero-order valence-electron chi connectivity index (χ0n) is 13.6. The summed E-state index contributed by atoms with van der Waals surface area (Å²) in [5.41, 5.74) is 1.03.